The summed E-state index contributed by atoms with van der Waals surface area (Å²) in [5.41, 5.74) is 5.66. The third kappa shape index (κ3) is 1.98. The number of aromatic hydroxyl groups is 1. The van der Waals surface area contributed by atoms with Gasteiger partial charge in [-0.1, -0.05) is 19.9 Å². The number of rotatable bonds is 2. The SMILES string of the molecule is CC(C)(CN)c1ccc(O)cc1F. The zero-order valence-corrected chi connectivity index (χ0v) is 7.84. The van der Waals surface area contributed by atoms with Crippen LogP contribution in [0.4, 0.5) is 4.39 Å². The predicted molar refractivity (Wildman–Crippen MR) is 50.1 cm³/mol. The molecule has 0 aliphatic heterocycles. The van der Waals surface area contributed by atoms with Gasteiger partial charge in [-0.05, 0) is 11.6 Å². The Hall–Kier alpha value is -1.09. The fourth-order valence-electron chi connectivity index (χ4n) is 1.16. The lowest BCUT2D eigenvalue weighted by Gasteiger charge is -2.23. The van der Waals surface area contributed by atoms with Gasteiger partial charge in [0.15, 0.2) is 0 Å². The summed E-state index contributed by atoms with van der Waals surface area (Å²) in [6.45, 7) is 4.10. The van der Waals surface area contributed by atoms with Crippen molar-refractivity contribution >= 4 is 0 Å². The highest BCUT2D eigenvalue weighted by molar-refractivity contribution is 5.32. The second kappa shape index (κ2) is 3.34. The predicted octanol–water partition coefficient (Wildman–Crippen LogP) is 1.77. The van der Waals surface area contributed by atoms with E-state index in [1.165, 1.54) is 6.07 Å². The summed E-state index contributed by atoms with van der Waals surface area (Å²) in [7, 11) is 0. The van der Waals surface area contributed by atoms with Crippen LogP contribution in [0.5, 0.6) is 5.75 Å². The van der Waals surface area contributed by atoms with E-state index in [9.17, 15) is 4.39 Å². The van der Waals surface area contributed by atoms with Crippen molar-refractivity contribution in [2.45, 2.75) is 19.3 Å². The van der Waals surface area contributed by atoms with E-state index >= 15 is 0 Å². The van der Waals surface area contributed by atoms with E-state index in [0.717, 1.165) is 6.07 Å². The minimum atomic E-state index is -0.407. The Bertz CT molecular complexity index is 310. The summed E-state index contributed by atoms with van der Waals surface area (Å²) in [6.07, 6.45) is 0. The van der Waals surface area contributed by atoms with Crippen molar-refractivity contribution in [1.82, 2.24) is 0 Å². The van der Waals surface area contributed by atoms with Gasteiger partial charge in [0.05, 0.1) is 0 Å². The summed E-state index contributed by atoms with van der Waals surface area (Å²) in [5, 5.41) is 9.00. The van der Waals surface area contributed by atoms with Gasteiger partial charge >= 0.3 is 0 Å². The normalized spacial score (nSPS) is 11.7. The second-order valence-corrected chi connectivity index (χ2v) is 3.75. The van der Waals surface area contributed by atoms with E-state index in [2.05, 4.69) is 0 Å². The highest BCUT2D eigenvalue weighted by Crippen LogP contribution is 2.26. The standard InChI is InChI=1S/C10H14FNO/c1-10(2,6-12)8-4-3-7(13)5-9(8)11/h3-5,13H,6,12H2,1-2H3. The molecule has 1 rings (SSSR count). The Labute approximate surface area is 77.2 Å². The van der Waals surface area contributed by atoms with Crippen LogP contribution in [0.1, 0.15) is 19.4 Å². The zero-order chi connectivity index (χ0) is 10.1. The Kier molecular flexibility index (Phi) is 2.57. The molecule has 1 aromatic carbocycles. The molecule has 0 radical (unpaired) electrons. The van der Waals surface area contributed by atoms with Crippen molar-refractivity contribution in [3.8, 4) is 5.75 Å². The zero-order valence-electron chi connectivity index (χ0n) is 7.84. The van der Waals surface area contributed by atoms with Crippen LogP contribution in [0.3, 0.4) is 0 Å². The first-order chi connectivity index (χ1) is 5.97. The second-order valence-electron chi connectivity index (χ2n) is 3.75. The Morgan fingerprint density at radius 2 is 2.08 bits per heavy atom. The van der Waals surface area contributed by atoms with Crippen molar-refractivity contribution in [3.63, 3.8) is 0 Å². The molecule has 3 N–H and O–H groups in total. The summed E-state index contributed by atoms with van der Waals surface area (Å²) >= 11 is 0. The molecule has 0 aromatic heterocycles. The van der Waals surface area contributed by atoms with Gasteiger partial charge in [0.2, 0.25) is 0 Å². The maximum absolute atomic E-state index is 13.3. The molecular formula is C10H14FNO. The number of phenolic OH excluding ortho intramolecular Hbond substituents is 1. The van der Waals surface area contributed by atoms with E-state index in [1.807, 2.05) is 13.8 Å². The van der Waals surface area contributed by atoms with E-state index in [-0.39, 0.29) is 5.75 Å². The summed E-state index contributed by atoms with van der Waals surface area (Å²) in [5.74, 6) is -0.468. The molecule has 0 aliphatic rings. The van der Waals surface area contributed by atoms with E-state index in [0.29, 0.717) is 12.1 Å². The molecule has 0 aliphatic carbocycles. The summed E-state index contributed by atoms with van der Waals surface area (Å²) < 4.78 is 13.3. The fraction of sp³-hybridized carbons (Fsp3) is 0.400. The minimum Gasteiger partial charge on any atom is -0.508 e. The molecule has 13 heavy (non-hydrogen) atoms. The third-order valence-corrected chi connectivity index (χ3v) is 2.19. The minimum absolute atomic E-state index is 0.0610. The first-order valence-corrected chi connectivity index (χ1v) is 4.16. The van der Waals surface area contributed by atoms with Gasteiger partial charge in [0.25, 0.3) is 0 Å². The average molecular weight is 183 g/mol. The van der Waals surface area contributed by atoms with Gasteiger partial charge in [0, 0.05) is 18.0 Å². The molecule has 0 saturated heterocycles. The maximum Gasteiger partial charge on any atom is 0.130 e. The van der Waals surface area contributed by atoms with Crippen LogP contribution in [0.2, 0.25) is 0 Å². The van der Waals surface area contributed by atoms with E-state index in [4.69, 9.17) is 10.8 Å². The fourth-order valence-corrected chi connectivity index (χ4v) is 1.16. The van der Waals surface area contributed by atoms with Crippen LogP contribution in [-0.4, -0.2) is 11.7 Å². The lowest BCUT2D eigenvalue weighted by atomic mass is 9.84. The highest BCUT2D eigenvalue weighted by Gasteiger charge is 2.22. The summed E-state index contributed by atoms with van der Waals surface area (Å²) in [6, 6.07) is 4.14. The number of benzene rings is 1. The van der Waals surface area contributed by atoms with Crippen LogP contribution < -0.4 is 5.73 Å². The van der Waals surface area contributed by atoms with Gasteiger partial charge < -0.3 is 10.8 Å². The summed E-state index contributed by atoms with van der Waals surface area (Å²) in [4.78, 5) is 0. The highest BCUT2D eigenvalue weighted by atomic mass is 19.1. The van der Waals surface area contributed by atoms with Crippen molar-refractivity contribution in [2.75, 3.05) is 6.54 Å². The van der Waals surface area contributed by atoms with Gasteiger partial charge in [-0.25, -0.2) is 4.39 Å². The number of nitrogens with two attached hydrogens (primary N) is 1. The molecular weight excluding hydrogens is 169 g/mol. The lowest BCUT2D eigenvalue weighted by molar-refractivity contribution is 0.456. The largest absolute Gasteiger partial charge is 0.508 e. The molecule has 0 bridgehead atoms. The topological polar surface area (TPSA) is 46.2 Å². The number of hydrogen-bond acceptors (Lipinski definition) is 2. The molecule has 0 saturated carbocycles. The number of phenols is 1. The Morgan fingerprint density at radius 3 is 2.54 bits per heavy atom. The molecule has 72 valence electrons. The monoisotopic (exact) mass is 183 g/mol. The van der Waals surface area contributed by atoms with Crippen molar-refractivity contribution in [3.05, 3.63) is 29.6 Å². The van der Waals surface area contributed by atoms with Gasteiger partial charge in [-0.15, -0.1) is 0 Å². The Balaban J connectivity index is 3.16. The molecule has 2 nitrogen and oxygen atoms in total. The molecule has 0 unspecified atom stereocenters. The van der Waals surface area contributed by atoms with E-state index < -0.39 is 11.2 Å². The van der Waals surface area contributed by atoms with Crippen molar-refractivity contribution in [2.24, 2.45) is 5.73 Å². The van der Waals surface area contributed by atoms with Gasteiger partial charge in [-0.2, -0.15) is 0 Å². The molecule has 3 heteroatoms. The molecule has 1 aromatic rings. The van der Waals surface area contributed by atoms with E-state index in [1.54, 1.807) is 6.07 Å². The van der Waals surface area contributed by atoms with Gasteiger partial charge in [0.1, 0.15) is 11.6 Å². The van der Waals surface area contributed by atoms with Crippen LogP contribution in [0, 0.1) is 5.82 Å². The lowest BCUT2D eigenvalue weighted by Crippen LogP contribution is -2.29. The quantitative estimate of drug-likeness (QED) is 0.734. The maximum atomic E-state index is 13.3. The molecule has 0 heterocycles. The van der Waals surface area contributed by atoms with Crippen LogP contribution in [-0.2, 0) is 5.41 Å². The first kappa shape index (κ1) is 9.99. The average Bonchev–Trinajstić information content (AvgIpc) is 2.03. The van der Waals surface area contributed by atoms with Gasteiger partial charge in [-0.3, -0.25) is 0 Å². The van der Waals surface area contributed by atoms with Crippen molar-refractivity contribution in [1.29, 1.82) is 0 Å². The molecule has 0 atom stereocenters. The molecule has 0 spiro atoms. The van der Waals surface area contributed by atoms with Crippen LogP contribution in [0.25, 0.3) is 0 Å². The Morgan fingerprint density at radius 1 is 1.46 bits per heavy atom. The van der Waals surface area contributed by atoms with Crippen molar-refractivity contribution < 1.29 is 9.50 Å². The van der Waals surface area contributed by atoms with Crippen LogP contribution >= 0.6 is 0 Å². The molecule has 0 amide bonds. The number of hydrogen-bond donors (Lipinski definition) is 2. The van der Waals surface area contributed by atoms with Crippen LogP contribution in [0.15, 0.2) is 18.2 Å². The first-order valence-electron chi connectivity index (χ1n) is 4.16. The number of halogens is 1. The molecule has 0 fully saturated rings. The third-order valence-electron chi connectivity index (χ3n) is 2.19. The smallest absolute Gasteiger partial charge is 0.130 e.